The first kappa shape index (κ1) is 11.3. The van der Waals surface area contributed by atoms with Crippen LogP contribution in [-0.2, 0) is 6.42 Å². The van der Waals surface area contributed by atoms with Gasteiger partial charge in [0.2, 0.25) is 0 Å². The average molecular weight is 298 g/mol. The number of benzene rings is 1. The highest BCUT2D eigenvalue weighted by Gasteiger charge is 2.08. The maximum Gasteiger partial charge on any atom is 0.355 e. The number of nitrogens with zero attached hydrogens (tertiary/aromatic N) is 1. The van der Waals surface area contributed by atoms with Crippen molar-refractivity contribution in [2.45, 2.75) is 6.42 Å². The van der Waals surface area contributed by atoms with Gasteiger partial charge in [-0.25, -0.2) is 9.78 Å². The molecule has 0 amide bonds. The van der Waals surface area contributed by atoms with Crippen molar-refractivity contribution in [3.05, 3.63) is 50.4 Å². The maximum atomic E-state index is 10.7. The van der Waals surface area contributed by atoms with Crippen molar-refractivity contribution in [3.8, 4) is 0 Å². The zero-order chi connectivity index (χ0) is 11.5. The highest BCUT2D eigenvalue weighted by molar-refractivity contribution is 9.10. The number of hydrogen-bond donors (Lipinski definition) is 1. The second-order valence-corrected chi connectivity index (χ2v) is 5.10. The summed E-state index contributed by atoms with van der Waals surface area (Å²) in [5, 5.41) is 11.1. The Morgan fingerprint density at radius 2 is 2.31 bits per heavy atom. The molecule has 1 N–H and O–H groups in total. The van der Waals surface area contributed by atoms with Crippen LogP contribution < -0.4 is 0 Å². The van der Waals surface area contributed by atoms with Crippen molar-refractivity contribution in [1.29, 1.82) is 0 Å². The van der Waals surface area contributed by atoms with Gasteiger partial charge in [0.25, 0.3) is 0 Å². The molecular weight excluding hydrogens is 290 g/mol. The van der Waals surface area contributed by atoms with Gasteiger partial charge >= 0.3 is 5.97 Å². The molecule has 3 nitrogen and oxygen atoms in total. The minimum absolute atomic E-state index is 0.120. The second-order valence-electron chi connectivity index (χ2n) is 3.24. The van der Waals surface area contributed by atoms with Crippen LogP contribution in [0.25, 0.3) is 0 Å². The van der Waals surface area contributed by atoms with Crippen molar-refractivity contribution in [3.63, 3.8) is 0 Å². The molecule has 0 bridgehead atoms. The van der Waals surface area contributed by atoms with Gasteiger partial charge in [0.05, 0.1) is 5.01 Å². The lowest BCUT2D eigenvalue weighted by molar-refractivity contribution is 0.0691. The minimum Gasteiger partial charge on any atom is -0.476 e. The van der Waals surface area contributed by atoms with E-state index in [0.29, 0.717) is 6.42 Å². The van der Waals surface area contributed by atoms with Crippen LogP contribution in [0.15, 0.2) is 34.1 Å². The summed E-state index contributed by atoms with van der Waals surface area (Å²) in [6.45, 7) is 0. The summed E-state index contributed by atoms with van der Waals surface area (Å²) in [4.78, 5) is 14.7. The highest BCUT2D eigenvalue weighted by Crippen LogP contribution is 2.17. The third-order valence-corrected chi connectivity index (χ3v) is 3.36. The van der Waals surface area contributed by atoms with Crippen LogP contribution in [-0.4, -0.2) is 16.1 Å². The summed E-state index contributed by atoms with van der Waals surface area (Å²) in [7, 11) is 0. The van der Waals surface area contributed by atoms with Gasteiger partial charge in [-0.2, -0.15) is 0 Å². The summed E-state index contributed by atoms with van der Waals surface area (Å²) < 4.78 is 1.01. The first-order valence-electron chi connectivity index (χ1n) is 4.57. The number of aromatic nitrogens is 1. The van der Waals surface area contributed by atoms with E-state index in [0.717, 1.165) is 15.0 Å². The largest absolute Gasteiger partial charge is 0.476 e. The predicted molar refractivity (Wildman–Crippen MR) is 66.0 cm³/mol. The van der Waals surface area contributed by atoms with Gasteiger partial charge < -0.3 is 5.11 Å². The van der Waals surface area contributed by atoms with Crippen molar-refractivity contribution in [2.75, 3.05) is 0 Å². The Labute approximate surface area is 105 Å². The molecule has 0 radical (unpaired) electrons. The highest BCUT2D eigenvalue weighted by atomic mass is 79.9. The van der Waals surface area contributed by atoms with E-state index < -0.39 is 5.97 Å². The number of carboxylic acids is 1. The van der Waals surface area contributed by atoms with E-state index in [1.807, 2.05) is 24.3 Å². The molecule has 0 saturated carbocycles. The number of carboxylic acid groups (broad SMARTS) is 1. The number of aromatic carboxylic acids is 1. The summed E-state index contributed by atoms with van der Waals surface area (Å²) >= 11 is 4.76. The Morgan fingerprint density at radius 3 is 2.94 bits per heavy atom. The molecule has 0 atom stereocenters. The molecule has 2 rings (SSSR count). The first-order chi connectivity index (χ1) is 7.65. The van der Waals surface area contributed by atoms with Gasteiger partial charge in [-0.3, -0.25) is 0 Å². The third kappa shape index (κ3) is 2.68. The van der Waals surface area contributed by atoms with Crippen molar-refractivity contribution >= 4 is 33.2 Å². The standard InChI is InChI=1S/C11H8BrNO2S/c12-8-3-1-2-7(4-8)5-10-13-9(6-16-10)11(14)15/h1-4,6H,5H2,(H,14,15). The van der Waals surface area contributed by atoms with Crippen LogP contribution in [0.4, 0.5) is 0 Å². The molecule has 0 spiro atoms. The molecule has 5 heteroatoms. The van der Waals surface area contributed by atoms with Gasteiger partial charge in [-0.15, -0.1) is 11.3 Å². The van der Waals surface area contributed by atoms with Crippen LogP contribution >= 0.6 is 27.3 Å². The van der Waals surface area contributed by atoms with E-state index in [4.69, 9.17) is 5.11 Å². The zero-order valence-electron chi connectivity index (χ0n) is 8.18. The van der Waals surface area contributed by atoms with Crippen molar-refractivity contribution < 1.29 is 9.90 Å². The van der Waals surface area contributed by atoms with Crippen LogP contribution in [0.2, 0.25) is 0 Å². The summed E-state index contributed by atoms with van der Waals surface area (Å²) in [6.07, 6.45) is 0.664. The first-order valence-corrected chi connectivity index (χ1v) is 6.24. The van der Waals surface area contributed by atoms with Crippen LogP contribution in [0.3, 0.4) is 0 Å². The molecule has 1 heterocycles. The Kier molecular flexibility index (Phi) is 3.36. The van der Waals surface area contributed by atoms with Gasteiger partial charge in [0.1, 0.15) is 0 Å². The number of hydrogen-bond acceptors (Lipinski definition) is 3. The van der Waals surface area contributed by atoms with Gasteiger partial charge in [-0.05, 0) is 17.7 Å². The normalized spacial score (nSPS) is 10.3. The number of rotatable bonds is 3. The average Bonchev–Trinajstić information content (AvgIpc) is 2.66. The van der Waals surface area contributed by atoms with E-state index in [1.165, 1.54) is 11.3 Å². The van der Waals surface area contributed by atoms with Crippen molar-refractivity contribution in [1.82, 2.24) is 4.98 Å². The zero-order valence-corrected chi connectivity index (χ0v) is 10.6. The van der Waals surface area contributed by atoms with E-state index in [9.17, 15) is 4.79 Å². The summed E-state index contributed by atoms with van der Waals surface area (Å²) in [6, 6.07) is 7.90. The topological polar surface area (TPSA) is 50.2 Å². The smallest absolute Gasteiger partial charge is 0.355 e. The fraction of sp³-hybridized carbons (Fsp3) is 0.0909. The molecule has 0 saturated heterocycles. The fourth-order valence-corrected chi connectivity index (χ4v) is 2.56. The maximum absolute atomic E-state index is 10.7. The van der Waals surface area contributed by atoms with Crippen LogP contribution in [0.5, 0.6) is 0 Å². The van der Waals surface area contributed by atoms with Gasteiger partial charge in [0.15, 0.2) is 5.69 Å². The van der Waals surface area contributed by atoms with E-state index in [-0.39, 0.29) is 5.69 Å². The molecule has 0 aliphatic heterocycles. The lowest BCUT2D eigenvalue weighted by Gasteiger charge is -1.98. The third-order valence-electron chi connectivity index (χ3n) is 2.02. The molecule has 0 aliphatic carbocycles. The SMILES string of the molecule is O=C(O)c1csc(Cc2cccc(Br)c2)n1. The van der Waals surface area contributed by atoms with E-state index in [2.05, 4.69) is 20.9 Å². The second kappa shape index (κ2) is 4.76. The fourth-order valence-electron chi connectivity index (χ4n) is 1.31. The number of carbonyl (C=O) groups is 1. The predicted octanol–water partition coefficient (Wildman–Crippen LogP) is 3.19. The molecule has 2 aromatic rings. The van der Waals surface area contributed by atoms with E-state index in [1.54, 1.807) is 5.38 Å². The molecule has 0 fully saturated rings. The summed E-state index contributed by atoms with van der Waals surface area (Å²) in [5.74, 6) is -0.975. The molecule has 1 aromatic carbocycles. The molecular formula is C11H8BrNO2S. The number of halogens is 1. The quantitative estimate of drug-likeness (QED) is 0.946. The Morgan fingerprint density at radius 1 is 1.50 bits per heavy atom. The molecule has 1 aromatic heterocycles. The van der Waals surface area contributed by atoms with Gasteiger partial charge in [0, 0.05) is 16.3 Å². The Balaban J connectivity index is 2.17. The molecule has 82 valence electrons. The minimum atomic E-state index is -0.975. The molecule has 0 unspecified atom stereocenters. The Hall–Kier alpha value is -1.20. The van der Waals surface area contributed by atoms with Crippen LogP contribution in [0.1, 0.15) is 21.1 Å². The Bertz CT molecular complexity index is 524. The number of thiazole rings is 1. The lowest BCUT2D eigenvalue weighted by atomic mass is 10.2. The van der Waals surface area contributed by atoms with Crippen molar-refractivity contribution in [2.24, 2.45) is 0 Å². The van der Waals surface area contributed by atoms with Crippen LogP contribution in [0, 0.1) is 0 Å². The molecule has 16 heavy (non-hydrogen) atoms. The molecule has 0 aliphatic rings. The monoisotopic (exact) mass is 297 g/mol. The van der Waals surface area contributed by atoms with E-state index >= 15 is 0 Å². The lowest BCUT2D eigenvalue weighted by Crippen LogP contribution is -1.97. The van der Waals surface area contributed by atoms with Gasteiger partial charge in [-0.1, -0.05) is 28.1 Å². The summed E-state index contributed by atoms with van der Waals surface area (Å²) in [5.41, 5.74) is 1.23.